The van der Waals surface area contributed by atoms with Gasteiger partial charge in [-0.2, -0.15) is 5.26 Å². The van der Waals surface area contributed by atoms with Crippen molar-refractivity contribution >= 4 is 12.0 Å². The van der Waals surface area contributed by atoms with Crippen LogP contribution in [0.4, 0.5) is 0 Å². The maximum Gasteiger partial charge on any atom is 0.262 e. The summed E-state index contributed by atoms with van der Waals surface area (Å²) < 4.78 is 15.5. The summed E-state index contributed by atoms with van der Waals surface area (Å²) in [7, 11) is 4.66. The average Bonchev–Trinajstić information content (AvgIpc) is 2.70. The highest BCUT2D eigenvalue weighted by Gasteiger charge is 2.10. The summed E-state index contributed by atoms with van der Waals surface area (Å²) in [5.74, 6) is 1.40. The molecule has 0 radical (unpaired) electrons. The molecule has 0 heterocycles. The van der Waals surface area contributed by atoms with Gasteiger partial charge in [-0.1, -0.05) is 18.2 Å². The lowest BCUT2D eigenvalue weighted by Gasteiger charge is -2.08. The fraction of sp³-hybridized carbons (Fsp3) is 0.200. The van der Waals surface area contributed by atoms with Crippen LogP contribution in [0.5, 0.6) is 17.2 Å². The Morgan fingerprint density at radius 1 is 1.04 bits per heavy atom. The van der Waals surface area contributed by atoms with Crippen LogP contribution >= 0.6 is 0 Å². The SMILES string of the molecule is COc1ccc(CNC(=O)/C(C#N)=C\c2ccc(OC)c(OC)c2)cc1. The van der Waals surface area contributed by atoms with E-state index in [9.17, 15) is 10.1 Å². The first-order chi connectivity index (χ1) is 12.6. The van der Waals surface area contributed by atoms with Gasteiger partial charge >= 0.3 is 0 Å². The molecule has 1 amide bonds. The minimum atomic E-state index is -0.446. The zero-order valence-electron chi connectivity index (χ0n) is 14.9. The van der Waals surface area contributed by atoms with E-state index in [1.165, 1.54) is 13.2 Å². The lowest BCUT2D eigenvalue weighted by Crippen LogP contribution is -2.23. The number of benzene rings is 2. The lowest BCUT2D eigenvalue weighted by atomic mass is 10.1. The highest BCUT2D eigenvalue weighted by Crippen LogP contribution is 2.28. The highest BCUT2D eigenvalue weighted by molar-refractivity contribution is 6.01. The number of methoxy groups -OCH3 is 3. The number of nitrogens with zero attached hydrogens (tertiary/aromatic N) is 1. The third-order valence-electron chi connectivity index (χ3n) is 3.70. The molecule has 0 aliphatic carbocycles. The van der Waals surface area contributed by atoms with Crippen molar-refractivity contribution in [2.24, 2.45) is 0 Å². The number of nitriles is 1. The van der Waals surface area contributed by atoms with E-state index in [1.54, 1.807) is 32.4 Å². The summed E-state index contributed by atoms with van der Waals surface area (Å²) in [6, 6.07) is 14.4. The van der Waals surface area contributed by atoms with Gasteiger partial charge in [0.1, 0.15) is 17.4 Å². The number of rotatable bonds is 7. The monoisotopic (exact) mass is 352 g/mol. The van der Waals surface area contributed by atoms with Crippen molar-refractivity contribution in [2.45, 2.75) is 6.54 Å². The Labute approximate surface area is 152 Å². The molecule has 0 saturated carbocycles. The van der Waals surface area contributed by atoms with E-state index in [4.69, 9.17) is 14.2 Å². The van der Waals surface area contributed by atoms with Gasteiger partial charge in [0.05, 0.1) is 21.3 Å². The van der Waals surface area contributed by atoms with Gasteiger partial charge in [0, 0.05) is 6.54 Å². The molecular formula is C20H20N2O4. The summed E-state index contributed by atoms with van der Waals surface area (Å²) in [5.41, 5.74) is 1.58. The van der Waals surface area contributed by atoms with Gasteiger partial charge in [-0.05, 0) is 41.5 Å². The fourth-order valence-corrected chi connectivity index (χ4v) is 2.28. The predicted octanol–water partition coefficient (Wildman–Crippen LogP) is 2.94. The molecule has 0 saturated heterocycles. The van der Waals surface area contributed by atoms with Crippen LogP contribution < -0.4 is 19.5 Å². The molecule has 2 aromatic rings. The topological polar surface area (TPSA) is 80.6 Å². The highest BCUT2D eigenvalue weighted by atomic mass is 16.5. The van der Waals surface area contributed by atoms with Gasteiger partial charge in [0.2, 0.25) is 0 Å². The van der Waals surface area contributed by atoms with E-state index >= 15 is 0 Å². The number of hydrogen-bond acceptors (Lipinski definition) is 5. The molecule has 26 heavy (non-hydrogen) atoms. The van der Waals surface area contributed by atoms with Crippen LogP contribution in [-0.4, -0.2) is 27.2 Å². The molecule has 0 fully saturated rings. The normalized spacial score (nSPS) is 10.6. The first kappa shape index (κ1) is 18.9. The van der Waals surface area contributed by atoms with E-state index in [1.807, 2.05) is 30.3 Å². The fourth-order valence-electron chi connectivity index (χ4n) is 2.28. The summed E-state index contributed by atoms with van der Waals surface area (Å²) in [4.78, 5) is 12.3. The van der Waals surface area contributed by atoms with E-state index in [0.29, 0.717) is 23.6 Å². The molecule has 0 spiro atoms. The number of carbonyl (C=O) groups is 1. The van der Waals surface area contributed by atoms with Crippen LogP contribution in [0.15, 0.2) is 48.0 Å². The van der Waals surface area contributed by atoms with E-state index in [-0.39, 0.29) is 5.57 Å². The molecule has 134 valence electrons. The first-order valence-electron chi connectivity index (χ1n) is 7.86. The lowest BCUT2D eigenvalue weighted by molar-refractivity contribution is -0.117. The minimum Gasteiger partial charge on any atom is -0.497 e. The first-order valence-corrected chi connectivity index (χ1v) is 7.86. The second kappa shape index (κ2) is 9.14. The summed E-state index contributed by atoms with van der Waals surface area (Å²) in [5, 5.41) is 12.0. The number of ether oxygens (including phenoxy) is 3. The number of nitrogens with one attached hydrogen (secondary N) is 1. The van der Waals surface area contributed by atoms with Crippen LogP contribution in [0, 0.1) is 11.3 Å². The Hall–Kier alpha value is -3.46. The van der Waals surface area contributed by atoms with Crippen LogP contribution in [0.1, 0.15) is 11.1 Å². The van der Waals surface area contributed by atoms with Gasteiger partial charge in [-0.3, -0.25) is 4.79 Å². The second-order valence-corrected chi connectivity index (χ2v) is 5.31. The number of carbonyl (C=O) groups excluding carboxylic acids is 1. The van der Waals surface area contributed by atoms with E-state index in [0.717, 1.165) is 11.3 Å². The van der Waals surface area contributed by atoms with Crippen molar-refractivity contribution in [3.05, 3.63) is 59.2 Å². The van der Waals surface area contributed by atoms with Gasteiger partial charge in [0.25, 0.3) is 5.91 Å². The van der Waals surface area contributed by atoms with Crippen LogP contribution in [0.25, 0.3) is 6.08 Å². The standard InChI is InChI=1S/C20H20N2O4/c1-24-17-7-4-14(5-8-17)13-22-20(23)16(12-21)10-15-6-9-18(25-2)19(11-15)26-3/h4-11H,13H2,1-3H3,(H,22,23)/b16-10-. The Kier molecular flexibility index (Phi) is 6.63. The Balaban J connectivity index is 2.10. The molecule has 2 rings (SSSR count). The third-order valence-corrected chi connectivity index (χ3v) is 3.70. The molecule has 0 unspecified atom stereocenters. The third kappa shape index (κ3) is 4.77. The van der Waals surface area contributed by atoms with Crippen molar-refractivity contribution in [1.29, 1.82) is 5.26 Å². The largest absolute Gasteiger partial charge is 0.497 e. The Morgan fingerprint density at radius 2 is 1.73 bits per heavy atom. The zero-order valence-corrected chi connectivity index (χ0v) is 14.9. The quantitative estimate of drug-likeness (QED) is 0.612. The van der Waals surface area contributed by atoms with E-state index in [2.05, 4.69) is 5.32 Å². The zero-order chi connectivity index (χ0) is 18.9. The molecule has 0 aromatic heterocycles. The van der Waals surface area contributed by atoms with Gasteiger partial charge in [-0.25, -0.2) is 0 Å². The van der Waals surface area contributed by atoms with Gasteiger partial charge in [0.15, 0.2) is 11.5 Å². The van der Waals surface area contributed by atoms with Crippen LogP contribution in [0.2, 0.25) is 0 Å². The Bertz CT molecular complexity index is 836. The summed E-state index contributed by atoms with van der Waals surface area (Å²) in [6.07, 6.45) is 1.51. The second-order valence-electron chi connectivity index (χ2n) is 5.31. The van der Waals surface area contributed by atoms with Gasteiger partial charge < -0.3 is 19.5 Å². The molecule has 2 aromatic carbocycles. The summed E-state index contributed by atoms with van der Waals surface area (Å²) >= 11 is 0. The molecule has 0 atom stereocenters. The molecule has 0 aliphatic heterocycles. The molecule has 6 nitrogen and oxygen atoms in total. The maximum absolute atomic E-state index is 12.3. The van der Waals surface area contributed by atoms with Crippen molar-refractivity contribution in [3.63, 3.8) is 0 Å². The van der Waals surface area contributed by atoms with Crippen LogP contribution in [-0.2, 0) is 11.3 Å². The van der Waals surface area contributed by atoms with Crippen molar-refractivity contribution in [3.8, 4) is 23.3 Å². The van der Waals surface area contributed by atoms with E-state index < -0.39 is 5.91 Å². The van der Waals surface area contributed by atoms with Crippen LogP contribution in [0.3, 0.4) is 0 Å². The predicted molar refractivity (Wildman–Crippen MR) is 98.0 cm³/mol. The average molecular weight is 352 g/mol. The van der Waals surface area contributed by atoms with Gasteiger partial charge in [-0.15, -0.1) is 0 Å². The molecule has 0 bridgehead atoms. The number of hydrogen-bond donors (Lipinski definition) is 1. The van der Waals surface area contributed by atoms with Crippen molar-refractivity contribution in [1.82, 2.24) is 5.32 Å². The van der Waals surface area contributed by atoms with Crippen molar-refractivity contribution < 1.29 is 19.0 Å². The smallest absolute Gasteiger partial charge is 0.262 e. The molecular weight excluding hydrogens is 332 g/mol. The summed E-state index contributed by atoms with van der Waals surface area (Å²) in [6.45, 7) is 0.313. The Morgan fingerprint density at radius 3 is 2.31 bits per heavy atom. The van der Waals surface area contributed by atoms with Crippen molar-refractivity contribution in [2.75, 3.05) is 21.3 Å². The molecule has 0 aliphatic rings. The maximum atomic E-state index is 12.3. The number of amides is 1. The molecule has 1 N–H and O–H groups in total. The molecule has 6 heteroatoms. The minimum absolute atomic E-state index is 0.00531.